The summed E-state index contributed by atoms with van der Waals surface area (Å²) in [5.41, 5.74) is 7.15. The molecule has 0 unspecified atom stereocenters. The maximum atomic E-state index is 16.2. The summed E-state index contributed by atoms with van der Waals surface area (Å²) in [5, 5.41) is 9.83. The van der Waals surface area contributed by atoms with Crippen LogP contribution in [0.5, 0.6) is 5.75 Å². The van der Waals surface area contributed by atoms with Crippen LogP contribution < -0.4 is 15.3 Å². The number of carbonyl (C=O) groups is 1. The highest BCUT2D eigenvalue weighted by atomic mass is 32.2. The second-order valence-electron chi connectivity index (χ2n) is 21.1. The number of anilines is 1. The number of thioether (sulfide) groups is 1. The SMILES string of the molecule is CCCCCCCCCCCCSc1nc(N2C[C@@H]3C[C@H]2CN3C(=O)OC(C)(C)C)c2cc(C3CC3)c(-c3c(C)c(F)cc4[nH]ncc34)c(OCc3ccc(Cn4c(=O)n(C)c5ncccc54)cc3)c2n1. The quantitative estimate of drug-likeness (QED) is 0.0446. The van der Waals surface area contributed by atoms with Gasteiger partial charge in [-0.25, -0.2) is 28.9 Å². The number of benzene rings is 3. The molecule has 1 amide bonds. The third-order valence-corrected chi connectivity index (χ3v) is 15.6. The van der Waals surface area contributed by atoms with Gasteiger partial charge in [0.2, 0.25) is 0 Å². The van der Waals surface area contributed by atoms with Crippen LogP contribution in [-0.4, -0.2) is 81.8 Å². The number of pyridine rings is 1. The van der Waals surface area contributed by atoms with Crippen LogP contribution in [0.25, 0.3) is 44.1 Å². The number of nitrogens with one attached hydrogen (secondary N) is 1. The first-order valence-electron chi connectivity index (χ1n) is 26.0. The molecule has 2 atom stereocenters. The molecular formula is C56H68FN9O4S. The molecule has 0 spiro atoms. The Bertz CT molecular complexity index is 3120. The molecule has 374 valence electrons. The fourth-order valence-electron chi connectivity index (χ4n) is 10.8. The maximum absolute atomic E-state index is 16.2. The minimum Gasteiger partial charge on any atom is -0.486 e. The lowest BCUT2D eigenvalue weighted by Crippen LogP contribution is -2.50. The third kappa shape index (κ3) is 10.3. The monoisotopic (exact) mass is 982 g/mol. The van der Waals surface area contributed by atoms with Crippen molar-refractivity contribution in [2.24, 2.45) is 7.05 Å². The normalized spacial score (nSPS) is 16.9. The molecule has 2 saturated heterocycles. The van der Waals surface area contributed by atoms with Gasteiger partial charge in [0.25, 0.3) is 0 Å². The molecular weight excluding hydrogens is 914 g/mol. The summed E-state index contributed by atoms with van der Waals surface area (Å²) in [5.74, 6) is 2.26. The number of imidazole rings is 1. The van der Waals surface area contributed by atoms with Gasteiger partial charge in [-0.3, -0.25) is 14.2 Å². The number of nitrogens with zero attached hydrogens (tertiary/aromatic N) is 8. The van der Waals surface area contributed by atoms with Gasteiger partial charge in [-0.1, -0.05) is 101 Å². The predicted molar refractivity (Wildman–Crippen MR) is 281 cm³/mol. The molecule has 4 aromatic heterocycles. The van der Waals surface area contributed by atoms with E-state index < -0.39 is 5.60 Å². The van der Waals surface area contributed by atoms with E-state index in [-0.39, 0.29) is 42.2 Å². The number of amides is 1. The van der Waals surface area contributed by atoms with E-state index in [1.165, 1.54) is 57.4 Å². The van der Waals surface area contributed by atoms with Crippen molar-refractivity contribution in [2.45, 2.75) is 160 Å². The molecule has 13 nitrogen and oxygen atoms in total. The van der Waals surface area contributed by atoms with Crippen LogP contribution in [0.15, 0.2) is 70.9 Å². The predicted octanol–water partition coefficient (Wildman–Crippen LogP) is 12.4. The number of H-pyrrole nitrogens is 1. The summed E-state index contributed by atoms with van der Waals surface area (Å²) in [4.78, 5) is 46.3. The van der Waals surface area contributed by atoms with Crippen molar-refractivity contribution in [1.29, 1.82) is 0 Å². The van der Waals surface area contributed by atoms with Crippen LogP contribution in [0, 0.1) is 12.7 Å². The molecule has 71 heavy (non-hydrogen) atoms. The second-order valence-corrected chi connectivity index (χ2v) is 22.2. The number of aryl methyl sites for hydroxylation is 1. The Kier molecular flexibility index (Phi) is 14.1. The molecule has 6 heterocycles. The Morgan fingerprint density at radius 3 is 2.34 bits per heavy atom. The molecule has 3 aromatic carbocycles. The Morgan fingerprint density at radius 1 is 0.901 bits per heavy atom. The fraction of sp³-hybridized carbons (Fsp3) is 0.500. The number of rotatable bonds is 20. The van der Waals surface area contributed by atoms with Crippen molar-refractivity contribution in [1.82, 2.24) is 39.2 Å². The Morgan fingerprint density at radius 2 is 1.63 bits per heavy atom. The lowest BCUT2D eigenvalue weighted by Gasteiger charge is -2.36. The molecule has 1 saturated carbocycles. The van der Waals surface area contributed by atoms with E-state index in [2.05, 4.69) is 33.1 Å². The van der Waals surface area contributed by atoms with Crippen molar-refractivity contribution < 1.29 is 18.7 Å². The first-order valence-corrected chi connectivity index (χ1v) is 27.0. The number of halogens is 1. The van der Waals surface area contributed by atoms with Crippen molar-refractivity contribution in [3.63, 3.8) is 0 Å². The molecule has 15 heteroatoms. The van der Waals surface area contributed by atoms with Crippen LogP contribution in [0.1, 0.15) is 139 Å². The van der Waals surface area contributed by atoms with Crippen LogP contribution in [0.3, 0.4) is 0 Å². The first-order chi connectivity index (χ1) is 34.4. The lowest BCUT2D eigenvalue weighted by atomic mass is 9.88. The Hall–Kier alpha value is -5.96. The van der Waals surface area contributed by atoms with E-state index in [0.717, 1.165) is 87.8 Å². The van der Waals surface area contributed by atoms with Gasteiger partial charge in [0.1, 0.15) is 29.4 Å². The smallest absolute Gasteiger partial charge is 0.410 e. The molecule has 2 bridgehead atoms. The van der Waals surface area contributed by atoms with E-state index in [4.69, 9.17) is 19.4 Å². The molecule has 2 aliphatic heterocycles. The van der Waals surface area contributed by atoms with E-state index in [0.29, 0.717) is 52.8 Å². The Balaban J connectivity index is 1.02. The van der Waals surface area contributed by atoms with E-state index in [1.54, 1.807) is 40.3 Å². The van der Waals surface area contributed by atoms with E-state index in [1.807, 2.05) is 69.0 Å². The average molecular weight is 982 g/mol. The van der Waals surface area contributed by atoms with E-state index in [9.17, 15) is 9.59 Å². The van der Waals surface area contributed by atoms with Crippen molar-refractivity contribution in [2.75, 3.05) is 23.7 Å². The summed E-state index contributed by atoms with van der Waals surface area (Å²) >= 11 is 1.69. The molecule has 0 radical (unpaired) electrons. The third-order valence-electron chi connectivity index (χ3n) is 14.7. The number of fused-ring (bicyclic) bond motifs is 5. The zero-order valence-corrected chi connectivity index (χ0v) is 43.0. The van der Waals surface area contributed by atoms with E-state index >= 15 is 4.39 Å². The molecule has 3 aliphatic rings. The number of likely N-dealkylation sites (tertiary alicyclic amines) is 1. The molecule has 3 fully saturated rings. The number of unbranched alkanes of at least 4 members (excludes halogenated alkanes) is 9. The minimum atomic E-state index is -0.588. The highest BCUT2D eigenvalue weighted by Gasteiger charge is 2.48. The maximum Gasteiger partial charge on any atom is 0.410 e. The standard InChI is InChI=1S/C56H68FN9O4S/c1-7-8-9-10-11-12-13-14-15-16-26-71-53-60-49-42(51(61-53)64-32-40-27-39(64)33-65(40)55(68)70-56(3,4)5)28-41(38-23-24-38)48(47-35(2)44(57)29-45-43(47)30-59-62-45)50(49)69-34-37-21-19-36(20-22-37)31-66-46-18-17-25-58-52(46)63(6)54(66)67/h17-22,25,28-30,38-40H,7-16,23-24,26-27,31-34H2,1-6H3,(H,59,62)/t39-,40-/m0/s1. The number of aromatic nitrogens is 7. The van der Waals surface area contributed by atoms with Gasteiger partial charge < -0.3 is 19.3 Å². The van der Waals surface area contributed by atoms with Gasteiger partial charge in [0.15, 0.2) is 16.6 Å². The molecule has 1 N–H and O–H groups in total. The number of aromatic amines is 1. The molecule has 7 aromatic rings. The van der Waals surface area contributed by atoms with Gasteiger partial charge in [-0.2, -0.15) is 5.10 Å². The number of carbonyl (C=O) groups excluding carboxylic acids is 1. The molecule has 10 rings (SSSR count). The summed E-state index contributed by atoms with van der Waals surface area (Å²) in [6.45, 7) is 11.6. The second kappa shape index (κ2) is 20.6. The first kappa shape index (κ1) is 48.7. The van der Waals surface area contributed by atoms with Crippen molar-refractivity contribution >= 4 is 56.6 Å². The van der Waals surface area contributed by atoms with Crippen LogP contribution in [0.2, 0.25) is 0 Å². The fourth-order valence-corrected chi connectivity index (χ4v) is 11.6. The van der Waals surface area contributed by atoms with Crippen molar-refractivity contribution in [3.8, 4) is 16.9 Å². The highest BCUT2D eigenvalue weighted by Crippen LogP contribution is 2.53. The topological polar surface area (TPSA) is 136 Å². The van der Waals surface area contributed by atoms with Crippen molar-refractivity contribution in [3.05, 3.63) is 99.5 Å². The van der Waals surface area contributed by atoms with Crippen LogP contribution in [0.4, 0.5) is 15.0 Å². The summed E-state index contributed by atoms with van der Waals surface area (Å²) < 4.78 is 32.6. The average Bonchev–Trinajstić information content (AvgIpc) is 3.62. The summed E-state index contributed by atoms with van der Waals surface area (Å²) in [7, 11) is 1.75. The van der Waals surface area contributed by atoms with Crippen LogP contribution >= 0.6 is 11.8 Å². The minimum absolute atomic E-state index is 0.0105. The Labute approximate surface area is 419 Å². The lowest BCUT2D eigenvalue weighted by molar-refractivity contribution is 0.0214. The summed E-state index contributed by atoms with van der Waals surface area (Å²) in [6, 6.07) is 15.8. The number of hydrogen-bond acceptors (Lipinski definition) is 10. The summed E-state index contributed by atoms with van der Waals surface area (Å²) in [6.07, 6.45) is 18.7. The highest BCUT2D eigenvalue weighted by molar-refractivity contribution is 7.99. The van der Waals surface area contributed by atoms with Gasteiger partial charge in [-0.05, 0) is 106 Å². The number of hydrogen-bond donors (Lipinski definition) is 1. The van der Waals surface area contributed by atoms with Gasteiger partial charge in [-0.15, -0.1) is 0 Å². The van der Waals surface area contributed by atoms with Crippen LogP contribution in [-0.2, 0) is 24.9 Å². The zero-order valence-electron chi connectivity index (χ0n) is 42.2. The number of piperazine rings is 1. The number of ether oxygens (including phenoxy) is 2. The molecule has 1 aliphatic carbocycles. The van der Waals surface area contributed by atoms with Gasteiger partial charge in [0.05, 0.1) is 35.9 Å². The zero-order chi connectivity index (χ0) is 49.4. The largest absolute Gasteiger partial charge is 0.486 e. The van der Waals surface area contributed by atoms with Gasteiger partial charge in [0, 0.05) is 54.0 Å². The van der Waals surface area contributed by atoms with Gasteiger partial charge >= 0.3 is 11.8 Å².